The van der Waals surface area contributed by atoms with Gasteiger partial charge in [-0.2, -0.15) is 39.5 Å². The van der Waals surface area contributed by atoms with Crippen LogP contribution in [-0.2, 0) is 38.6 Å². The molecule has 0 saturated heterocycles. The van der Waals surface area contributed by atoms with Gasteiger partial charge >= 0.3 is 38.6 Å². The number of halogens is 9. The molecular formula is C48H27F9IrN3. The first-order chi connectivity index (χ1) is 28.7. The van der Waals surface area contributed by atoms with Crippen molar-refractivity contribution in [3.8, 4) is 33.8 Å². The van der Waals surface area contributed by atoms with Gasteiger partial charge in [-0.3, -0.25) is 0 Å². The van der Waals surface area contributed by atoms with E-state index in [2.05, 4.69) is 33.2 Å². The van der Waals surface area contributed by atoms with Crippen molar-refractivity contribution in [3.05, 3.63) is 199 Å². The van der Waals surface area contributed by atoms with E-state index in [-0.39, 0.29) is 20.1 Å². The molecule has 0 aliphatic carbocycles. The maximum absolute atomic E-state index is 12.5. The van der Waals surface area contributed by atoms with Crippen molar-refractivity contribution in [2.24, 2.45) is 0 Å². The molecule has 0 saturated carbocycles. The van der Waals surface area contributed by atoms with E-state index in [0.29, 0.717) is 33.8 Å². The molecule has 61 heavy (non-hydrogen) atoms. The van der Waals surface area contributed by atoms with Gasteiger partial charge in [0.05, 0.1) is 0 Å². The average molecular weight is 1010 g/mol. The molecule has 9 aromatic rings. The number of nitrogens with zero attached hydrogens (tertiary/aromatic N) is 3. The van der Waals surface area contributed by atoms with Crippen LogP contribution in [0.2, 0.25) is 0 Å². The van der Waals surface area contributed by atoms with E-state index in [0.717, 1.165) is 68.7 Å². The van der Waals surface area contributed by atoms with Crippen LogP contribution in [0.1, 0.15) is 16.7 Å². The SMILES string of the molecule is FC(F)(F)c1c[c-]c(-c2nccc3ccccc23)cc1.FC(F)(F)c1c[c-]c(-c2nccc3ccccc23)cc1.FC(F)(F)c1c[c-]c(-c2nccc3ccccc23)cc1.[Ir+3]. The van der Waals surface area contributed by atoms with Crippen LogP contribution in [0.5, 0.6) is 0 Å². The minimum absolute atomic E-state index is 0. The van der Waals surface area contributed by atoms with Crippen LogP contribution in [0.25, 0.3) is 66.1 Å². The third kappa shape index (κ3) is 10.5. The Kier molecular flexibility index (Phi) is 13.3. The first-order valence-corrected chi connectivity index (χ1v) is 18.0. The molecule has 0 atom stereocenters. The topological polar surface area (TPSA) is 38.7 Å². The molecule has 3 nitrogen and oxygen atoms in total. The smallest absolute Gasteiger partial charge is 0.304 e. The number of aromatic nitrogens is 3. The summed E-state index contributed by atoms with van der Waals surface area (Å²) in [6.45, 7) is 0. The summed E-state index contributed by atoms with van der Waals surface area (Å²) in [5, 5.41) is 5.66. The van der Waals surface area contributed by atoms with Crippen LogP contribution in [0.15, 0.2) is 164 Å². The molecule has 0 unspecified atom stereocenters. The van der Waals surface area contributed by atoms with Crippen molar-refractivity contribution in [2.75, 3.05) is 0 Å². The van der Waals surface area contributed by atoms with Crippen molar-refractivity contribution < 1.29 is 59.6 Å². The summed E-state index contributed by atoms with van der Waals surface area (Å²) in [5.41, 5.74) is 1.44. The maximum Gasteiger partial charge on any atom is 3.00 e. The number of benzene rings is 6. The molecule has 6 aromatic carbocycles. The van der Waals surface area contributed by atoms with Crippen molar-refractivity contribution >= 4 is 32.3 Å². The van der Waals surface area contributed by atoms with E-state index in [4.69, 9.17) is 0 Å². The number of pyridine rings is 3. The molecule has 9 rings (SSSR count). The normalized spacial score (nSPS) is 11.6. The summed E-state index contributed by atoms with van der Waals surface area (Å²) < 4.78 is 113. The number of fused-ring (bicyclic) bond motifs is 3. The van der Waals surface area contributed by atoms with Crippen molar-refractivity contribution in [3.63, 3.8) is 0 Å². The number of alkyl halides is 9. The molecule has 306 valence electrons. The van der Waals surface area contributed by atoms with Crippen molar-refractivity contribution in [1.82, 2.24) is 15.0 Å². The van der Waals surface area contributed by atoms with Crippen LogP contribution in [0.3, 0.4) is 0 Å². The van der Waals surface area contributed by atoms with E-state index in [1.165, 1.54) is 18.2 Å². The third-order valence-electron chi connectivity index (χ3n) is 9.21. The molecule has 0 radical (unpaired) electrons. The Balaban J connectivity index is 0.000000152. The Hall–Kier alpha value is -6.43. The molecule has 0 aliphatic rings. The van der Waals surface area contributed by atoms with Crippen LogP contribution >= 0.6 is 0 Å². The van der Waals surface area contributed by atoms with E-state index >= 15 is 0 Å². The predicted molar refractivity (Wildman–Crippen MR) is 213 cm³/mol. The van der Waals surface area contributed by atoms with E-state index in [1.807, 2.05) is 91.0 Å². The van der Waals surface area contributed by atoms with Crippen LogP contribution in [-0.4, -0.2) is 15.0 Å². The van der Waals surface area contributed by atoms with Gasteiger partial charge in [-0.25, -0.2) is 0 Å². The molecule has 0 fully saturated rings. The average Bonchev–Trinajstić information content (AvgIpc) is 3.25. The molecule has 0 N–H and O–H groups in total. The summed E-state index contributed by atoms with van der Waals surface area (Å²) in [4.78, 5) is 12.8. The fourth-order valence-corrected chi connectivity index (χ4v) is 6.25. The predicted octanol–water partition coefficient (Wildman–Crippen LogP) is 14.2. The molecular weight excluding hydrogens is 982 g/mol. The van der Waals surface area contributed by atoms with Crippen molar-refractivity contribution in [2.45, 2.75) is 18.5 Å². The molecule has 13 heteroatoms. The molecule has 3 aromatic heterocycles. The summed E-state index contributed by atoms with van der Waals surface area (Å²) in [5.74, 6) is 0. The monoisotopic (exact) mass is 1010 g/mol. The second kappa shape index (κ2) is 18.5. The molecule has 3 heterocycles. The first-order valence-electron chi connectivity index (χ1n) is 18.0. The van der Waals surface area contributed by atoms with Gasteiger partial charge in [-0.1, -0.05) is 72.8 Å². The summed E-state index contributed by atoms with van der Waals surface area (Å²) in [7, 11) is 0. The van der Waals surface area contributed by atoms with Crippen LogP contribution in [0.4, 0.5) is 39.5 Å². The Bertz CT molecular complexity index is 2540. The zero-order chi connectivity index (χ0) is 42.5. The first kappa shape index (κ1) is 44.1. The van der Waals surface area contributed by atoms with E-state index < -0.39 is 35.2 Å². The minimum atomic E-state index is -4.35. The van der Waals surface area contributed by atoms with Gasteiger partial charge in [-0.05, 0) is 84.3 Å². The Morgan fingerprint density at radius 1 is 0.328 bits per heavy atom. The van der Waals surface area contributed by atoms with Gasteiger partial charge in [0.1, 0.15) is 0 Å². The fraction of sp³-hybridized carbons (Fsp3) is 0.0625. The molecule has 0 aliphatic heterocycles. The van der Waals surface area contributed by atoms with Crippen molar-refractivity contribution in [1.29, 1.82) is 0 Å². The number of rotatable bonds is 3. The largest absolute Gasteiger partial charge is 3.00 e. The Morgan fingerprint density at radius 3 is 0.820 bits per heavy atom. The number of hydrogen-bond acceptors (Lipinski definition) is 3. The molecule has 0 amide bonds. The number of hydrogen-bond donors (Lipinski definition) is 0. The van der Waals surface area contributed by atoms with Crippen LogP contribution < -0.4 is 0 Å². The van der Waals surface area contributed by atoms with E-state index in [1.54, 1.807) is 18.6 Å². The second-order valence-electron chi connectivity index (χ2n) is 13.1. The standard InChI is InChI=1S/3C16H9F3N.Ir/c3*17-16(18,19)13-7-5-12(6-8-13)15-14-4-2-1-3-11(14)9-10-20-15;/h3*1-5,7-10H;/q3*-1;+3. The quantitative estimate of drug-likeness (QED) is 0.131. The summed E-state index contributed by atoms with van der Waals surface area (Å²) >= 11 is 0. The summed E-state index contributed by atoms with van der Waals surface area (Å²) in [6, 6.07) is 46.6. The Labute approximate surface area is 356 Å². The molecule has 0 spiro atoms. The van der Waals surface area contributed by atoms with Gasteiger partial charge in [-0.15, -0.1) is 89.5 Å². The second-order valence-corrected chi connectivity index (χ2v) is 13.1. The summed E-state index contributed by atoms with van der Waals surface area (Å²) in [6.07, 6.45) is -8.11. The van der Waals surface area contributed by atoms with Gasteiger partial charge < -0.3 is 15.0 Å². The van der Waals surface area contributed by atoms with Gasteiger partial charge in [0.2, 0.25) is 0 Å². The van der Waals surface area contributed by atoms with Crippen LogP contribution in [0, 0.1) is 18.2 Å². The Morgan fingerprint density at radius 2 is 0.590 bits per heavy atom. The third-order valence-corrected chi connectivity index (χ3v) is 9.21. The maximum atomic E-state index is 12.5. The zero-order valence-electron chi connectivity index (χ0n) is 31.2. The minimum Gasteiger partial charge on any atom is -0.304 e. The zero-order valence-corrected chi connectivity index (χ0v) is 33.6. The fourth-order valence-electron chi connectivity index (χ4n) is 6.25. The van der Waals surface area contributed by atoms with Gasteiger partial charge in [0, 0.05) is 18.6 Å². The van der Waals surface area contributed by atoms with Gasteiger partial charge in [0.25, 0.3) is 0 Å². The molecule has 0 bridgehead atoms. The van der Waals surface area contributed by atoms with E-state index in [9.17, 15) is 39.5 Å². The van der Waals surface area contributed by atoms with Gasteiger partial charge in [0.15, 0.2) is 0 Å².